The van der Waals surface area contributed by atoms with Crippen LogP contribution in [0.15, 0.2) is 17.5 Å². The lowest BCUT2D eigenvalue weighted by atomic mass is 9.49. The average molecular weight is 389 g/mol. The second kappa shape index (κ2) is 7.57. The average Bonchev–Trinajstić information content (AvgIpc) is 3.12. The van der Waals surface area contributed by atoms with Gasteiger partial charge in [-0.05, 0) is 85.5 Å². The van der Waals surface area contributed by atoms with Gasteiger partial charge in [0, 0.05) is 6.54 Å². The molecule has 2 amide bonds. The zero-order valence-electron chi connectivity index (χ0n) is 16.5. The Balaban J connectivity index is 1.30. The number of thiophene rings is 1. The van der Waals surface area contributed by atoms with Gasteiger partial charge >= 0.3 is 0 Å². The van der Waals surface area contributed by atoms with E-state index in [0.29, 0.717) is 10.3 Å². The monoisotopic (exact) mass is 388 g/mol. The van der Waals surface area contributed by atoms with Gasteiger partial charge < -0.3 is 10.6 Å². The van der Waals surface area contributed by atoms with E-state index in [1.807, 2.05) is 25.3 Å². The van der Waals surface area contributed by atoms with Crippen LogP contribution in [-0.2, 0) is 4.79 Å². The standard InChI is InChI=1S/C22H32N2O2S/c1-14(2)19(24-20(25)18-4-3-7-27-18)21(26)23-6-5-22-11-15-8-16(12-22)10-17(9-15)13-22/h3-4,7,14-17,19H,5-6,8-13H2,1-2H3,(H,23,26)(H,24,25). The molecule has 0 aliphatic heterocycles. The van der Waals surface area contributed by atoms with Crippen molar-refractivity contribution >= 4 is 23.2 Å². The number of carbonyl (C=O) groups excluding carboxylic acids is 2. The Morgan fingerprint density at radius 2 is 1.78 bits per heavy atom. The van der Waals surface area contributed by atoms with Crippen molar-refractivity contribution < 1.29 is 9.59 Å². The summed E-state index contributed by atoms with van der Waals surface area (Å²) in [6.07, 6.45) is 9.58. The first kappa shape index (κ1) is 19.0. The minimum Gasteiger partial charge on any atom is -0.354 e. The fourth-order valence-electron chi connectivity index (χ4n) is 6.31. The number of nitrogens with one attached hydrogen (secondary N) is 2. The minimum atomic E-state index is -0.476. The molecule has 5 heteroatoms. The van der Waals surface area contributed by atoms with Crippen LogP contribution in [0.4, 0.5) is 0 Å². The van der Waals surface area contributed by atoms with E-state index in [2.05, 4.69) is 10.6 Å². The van der Waals surface area contributed by atoms with E-state index < -0.39 is 6.04 Å². The number of carbonyl (C=O) groups is 2. The van der Waals surface area contributed by atoms with Gasteiger partial charge in [-0.1, -0.05) is 19.9 Å². The largest absolute Gasteiger partial charge is 0.354 e. The Hall–Kier alpha value is -1.36. The summed E-state index contributed by atoms with van der Waals surface area (Å²) in [5.41, 5.74) is 0.482. The fraction of sp³-hybridized carbons (Fsp3) is 0.727. The molecule has 1 atom stereocenters. The lowest BCUT2D eigenvalue weighted by Crippen LogP contribution is -2.51. The van der Waals surface area contributed by atoms with E-state index in [1.165, 1.54) is 49.9 Å². The molecule has 4 bridgehead atoms. The van der Waals surface area contributed by atoms with Gasteiger partial charge in [-0.3, -0.25) is 9.59 Å². The maximum Gasteiger partial charge on any atom is 0.262 e. The molecule has 4 nitrogen and oxygen atoms in total. The summed E-state index contributed by atoms with van der Waals surface area (Å²) in [6, 6.07) is 3.17. The quantitative estimate of drug-likeness (QED) is 0.734. The molecule has 1 aromatic heterocycles. The third-order valence-corrected chi connectivity index (χ3v) is 7.97. The van der Waals surface area contributed by atoms with Crippen molar-refractivity contribution in [2.75, 3.05) is 6.54 Å². The van der Waals surface area contributed by atoms with Gasteiger partial charge in [0.05, 0.1) is 4.88 Å². The molecule has 5 rings (SSSR count). The molecule has 4 saturated carbocycles. The Kier molecular flexibility index (Phi) is 5.32. The van der Waals surface area contributed by atoms with E-state index in [4.69, 9.17) is 0 Å². The van der Waals surface area contributed by atoms with Crippen LogP contribution in [0.25, 0.3) is 0 Å². The highest BCUT2D eigenvalue weighted by Gasteiger charge is 2.50. The molecule has 4 aliphatic carbocycles. The van der Waals surface area contributed by atoms with Gasteiger partial charge in [-0.15, -0.1) is 11.3 Å². The van der Waals surface area contributed by atoms with Gasteiger partial charge in [0.2, 0.25) is 5.91 Å². The van der Waals surface area contributed by atoms with E-state index in [-0.39, 0.29) is 17.7 Å². The highest BCUT2D eigenvalue weighted by atomic mass is 32.1. The molecule has 1 aromatic rings. The number of hydrogen-bond acceptors (Lipinski definition) is 3. The van der Waals surface area contributed by atoms with Crippen LogP contribution in [0.5, 0.6) is 0 Å². The molecule has 1 unspecified atom stereocenters. The number of amides is 2. The van der Waals surface area contributed by atoms with E-state index in [1.54, 1.807) is 6.07 Å². The number of hydrogen-bond donors (Lipinski definition) is 2. The summed E-state index contributed by atoms with van der Waals surface area (Å²) in [4.78, 5) is 25.8. The predicted octanol–water partition coefficient (Wildman–Crippen LogP) is 4.23. The molecule has 4 fully saturated rings. The molecular formula is C22H32N2O2S. The summed E-state index contributed by atoms with van der Waals surface area (Å²) in [7, 11) is 0. The summed E-state index contributed by atoms with van der Waals surface area (Å²) in [5.74, 6) is 2.70. The van der Waals surface area contributed by atoms with Gasteiger partial charge in [0.25, 0.3) is 5.91 Å². The van der Waals surface area contributed by atoms with Crippen molar-refractivity contribution in [2.45, 2.75) is 64.8 Å². The summed E-state index contributed by atoms with van der Waals surface area (Å²) >= 11 is 1.40. The fourth-order valence-corrected chi connectivity index (χ4v) is 6.94. The lowest BCUT2D eigenvalue weighted by Gasteiger charge is -2.57. The van der Waals surface area contributed by atoms with Crippen molar-refractivity contribution in [2.24, 2.45) is 29.1 Å². The van der Waals surface area contributed by atoms with E-state index >= 15 is 0 Å². The smallest absolute Gasteiger partial charge is 0.262 e. The molecule has 0 radical (unpaired) electrons. The van der Waals surface area contributed by atoms with Gasteiger partial charge in [-0.2, -0.15) is 0 Å². The maximum absolute atomic E-state index is 12.8. The Morgan fingerprint density at radius 3 is 2.30 bits per heavy atom. The Morgan fingerprint density at radius 1 is 1.15 bits per heavy atom. The van der Waals surface area contributed by atoms with Crippen LogP contribution in [0, 0.1) is 29.1 Å². The van der Waals surface area contributed by atoms with Gasteiger partial charge in [0.15, 0.2) is 0 Å². The highest BCUT2D eigenvalue weighted by molar-refractivity contribution is 7.12. The Bertz CT molecular complexity index is 647. The van der Waals surface area contributed by atoms with E-state index in [9.17, 15) is 9.59 Å². The topological polar surface area (TPSA) is 58.2 Å². The SMILES string of the molecule is CC(C)C(NC(=O)c1cccs1)C(=O)NCCC12CC3CC(CC(C3)C1)C2. The summed E-state index contributed by atoms with van der Waals surface area (Å²) in [6.45, 7) is 4.71. The van der Waals surface area contributed by atoms with Crippen LogP contribution in [0.1, 0.15) is 68.5 Å². The lowest BCUT2D eigenvalue weighted by molar-refractivity contribution is -0.124. The molecule has 1 heterocycles. The van der Waals surface area contributed by atoms with Crippen LogP contribution in [0.3, 0.4) is 0 Å². The van der Waals surface area contributed by atoms with Crippen molar-refractivity contribution in [3.05, 3.63) is 22.4 Å². The Labute approximate surface area is 166 Å². The van der Waals surface area contributed by atoms with Crippen LogP contribution in [-0.4, -0.2) is 24.4 Å². The van der Waals surface area contributed by atoms with E-state index in [0.717, 1.165) is 30.7 Å². The molecule has 2 N–H and O–H groups in total. The van der Waals surface area contributed by atoms with Crippen LogP contribution < -0.4 is 10.6 Å². The first-order valence-electron chi connectivity index (χ1n) is 10.6. The molecule has 27 heavy (non-hydrogen) atoms. The first-order valence-corrected chi connectivity index (χ1v) is 11.4. The zero-order chi connectivity index (χ0) is 19.0. The third kappa shape index (κ3) is 4.08. The third-order valence-electron chi connectivity index (χ3n) is 7.10. The maximum atomic E-state index is 12.8. The summed E-state index contributed by atoms with van der Waals surface area (Å²) in [5, 5.41) is 7.94. The van der Waals surface area contributed by atoms with Crippen molar-refractivity contribution in [1.82, 2.24) is 10.6 Å². The highest BCUT2D eigenvalue weighted by Crippen LogP contribution is 2.61. The summed E-state index contributed by atoms with van der Waals surface area (Å²) < 4.78 is 0. The molecular weight excluding hydrogens is 356 g/mol. The normalized spacial score (nSPS) is 32.5. The molecule has 4 aliphatic rings. The predicted molar refractivity (Wildman–Crippen MR) is 109 cm³/mol. The second-order valence-electron chi connectivity index (χ2n) is 9.63. The second-order valence-corrected chi connectivity index (χ2v) is 10.6. The van der Waals surface area contributed by atoms with Crippen LogP contribution in [0.2, 0.25) is 0 Å². The first-order chi connectivity index (χ1) is 12.9. The number of rotatable bonds is 7. The van der Waals surface area contributed by atoms with Crippen molar-refractivity contribution in [1.29, 1.82) is 0 Å². The zero-order valence-corrected chi connectivity index (χ0v) is 17.3. The van der Waals surface area contributed by atoms with Gasteiger partial charge in [0.1, 0.15) is 6.04 Å². The molecule has 0 spiro atoms. The minimum absolute atomic E-state index is 0.0420. The molecule has 0 aromatic carbocycles. The van der Waals surface area contributed by atoms with Crippen molar-refractivity contribution in [3.8, 4) is 0 Å². The van der Waals surface area contributed by atoms with Crippen molar-refractivity contribution in [3.63, 3.8) is 0 Å². The van der Waals surface area contributed by atoms with Gasteiger partial charge in [-0.25, -0.2) is 0 Å². The molecule has 148 valence electrons. The molecule has 0 saturated heterocycles. The van der Waals surface area contributed by atoms with Crippen LogP contribution >= 0.6 is 11.3 Å².